The number of amides is 1. The predicted molar refractivity (Wildman–Crippen MR) is 92.9 cm³/mol. The number of aryl methyl sites for hydroxylation is 1. The maximum atomic E-state index is 12.8. The number of benzene rings is 1. The number of carbonyl (C=O) groups excluding carboxylic acids is 1. The van der Waals surface area contributed by atoms with Gasteiger partial charge in [0.25, 0.3) is 0 Å². The minimum atomic E-state index is 0.0604. The monoisotopic (exact) mass is 325 g/mol. The first-order valence-corrected chi connectivity index (χ1v) is 8.31. The van der Waals surface area contributed by atoms with E-state index in [0.29, 0.717) is 6.42 Å². The lowest BCUT2D eigenvalue weighted by atomic mass is 10.0. The van der Waals surface area contributed by atoms with Gasteiger partial charge < -0.3 is 15.0 Å². The fourth-order valence-corrected chi connectivity index (χ4v) is 3.10. The maximum Gasteiger partial charge on any atom is 0.223 e. The zero-order valence-electron chi connectivity index (χ0n) is 13.9. The van der Waals surface area contributed by atoms with Crippen molar-refractivity contribution in [3.05, 3.63) is 59.9 Å². The van der Waals surface area contributed by atoms with Crippen molar-refractivity contribution < 1.29 is 9.53 Å². The summed E-state index contributed by atoms with van der Waals surface area (Å²) in [4.78, 5) is 18.9. The number of piperazine rings is 1. The van der Waals surface area contributed by atoms with E-state index in [-0.39, 0.29) is 11.9 Å². The number of carbonyl (C=O) groups is 1. The Labute approximate surface area is 142 Å². The van der Waals surface area contributed by atoms with Gasteiger partial charge in [-0.1, -0.05) is 18.2 Å². The van der Waals surface area contributed by atoms with Crippen LogP contribution in [0.3, 0.4) is 0 Å². The summed E-state index contributed by atoms with van der Waals surface area (Å²) >= 11 is 0. The van der Waals surface area contributed by atoms with Crippen molar-refractivity contribution in [2.24, 2.45) is 0 Å². The van der Waals surface area contributed by atoms with Crippen LogP contribution >= 0.6 is 0 Å². The lowest BCUT2D eigenvalue weighted by Gasteiger charge is -2.36. The van der Waals surface area contributed by atoms with Gasteiger partial charge in [-0.3, -0.25) is 9.78 Å². The summed E-state index contributed by atoms with van der Waals surface area (Å²) < 4.78 is 5.24. The molecule has 0 aliphatic carbocycles. The maximum absolute atomic E-state index is 12.8. The van der Waals surface area contributed by atoms with E-state index < -0.39 is 0 Å². The van der Waals surface area contributed by atoms with Gasteiger partial charge in [0.05, 0.1) is 13.2 Å². The largest absolute Gasteiger partial charge is 0.497 e. The van der Waals surface area contributed by atoms with Crippen molar-refractivity contribution in [3.63, 3.8) is 0 Å². The summed E-state index contributed by atoms with van der Waals surface area (Å²) in [5.41, 5.74) is 2.20. The van der Waals surface area contributed by atoms with Crippen LogP contribution in [0.1, 0.15) is 23.6 Å². The number of aromatic nitrogens is 1. The highest BCUT2D eigenvalue weighted by Gasteiger charge is 2.27. The summed E-state index contributed by atoms with van der Waals surface area (Å²) in [5, 5.41) is 3.37. The quantitative estimate of drug-likeness (QED) is 0.916. The van der Waals surface area contributed by atoms with Crippen molar-refractivity contribution in [1.82, 2.24) is 15.2 Å². The number of pyridine rings is 1. The minimum Gasteiger partial charge on any atom is -0.497 e. The van der Waals surface area contributed by atoms with E-state index in [1.807, 2.05) is 47.5 Å². The molecule has 1 N–H and O–H groups in total. The zero-order valence-corrected chi connectivity index (χ0v) is 13.9. The van der Waals surface area contributed by atoms with E-state index in [4.69, 9.17) is 4.74 Å². The second-order valence-electron chi connectivity index (χ2n) is 5.94. The molecule has 2 heterocycles. The van der Waals surface area contributed by atoms with Crippen molar-refractivity contribution in [3.8, 4) is 5.75 Å². The summed E-state index contributed by atoms with van der Waals surface area (Å²) in [6.45, 7) is 2.34. The molecule has 1 saturated heterocycles. The van der Waals surface area contributed by atoms with Crippen molar-refractivity contribution in [2.75, 3.05) is 26.7 Å². The van der Waals surface area contributed by atoms with Crippen LogP contribution in [0, 0.1) is 0 Å². The highest BCUT2D eigenvalue weighted by Crippen LogP contribution is 2.23. The van der Waals surface area contributed by atoms with Gasteiger partial charge in [-0.15, -0.1) is 0 Å². The van der Waals surface area contributed by atoms with E-state index in [0.717, 1.165) is 42.9 Å². The molecular formula is C19H23N3O2. The first-order chi connectivity index (χ1) is 11.8. The highest BCUT2D eigenvalue weighted by atomic mass is 16.5. The number of nitrogens with one attached hydrogen (secondary N) is 1. The lowest BCUT2D eigenvalue weighted by molar-refractivity contribution is -0.134. The molecule has 1 aliphatic heterocycles. The van der Waals surface area contributed by atoms with Crippen molar-refractivity contribution >= 4 is 5.91 Å². The SMILES string of the molecule is COc1cccc(CCC(=O)N2CCNCC2c2cccnc2)c1. The van der Waals surface area contributed by atoms with Crippen LogP contribution in [0.25, 0.3) is 0 Å². The molecule has 2 aromatic rings. The molecule has 3 rings (SSSR count). The molecule has 5 heteroatoms. The molecule has 5 nitrogen and oxygen atoms in total. The molecule has 1 aromatic carbocycles. The first kappa shape index (κ1) is 16.5. The Morgan fingerprint density at radius 1 is 1.38 bits per heavy atom. The van der Waals surface area contributed by atoms with Crippen LogP contribution in [0.5, 0.6) is 5.75 Å². The third-order valence-electron chi connectivity index (χ3n) is 4.39. The predicted octanol–water partition coefficient (Wildman–Crippen LogP) is 2.20. The third kappa shape index (κ3) is 3.92. The minimum absolute atomic E-state index is 0.0604. The topological polar surface area (TPSA) is 54.5 Å². The van der Waals surface area contributed by atoms with E-state index >= 15 is 0 Å². The zero-order chi connectivity index (χ0) is 16.8. The number of ether oxygens (including phenoxy) is 1. The van der Waals surface area contributed by atoms with Crippen molar-refractivity contribution in [2.45, 2.75) is 18.9 Å². The first-order valence-electron chi connectivity index (χ1n) is 8.31. The van der Waals surface area contributed by atoms with Crippen LogP contribution in [-0.4, -0.2) is 42.5 Å². The lowest BCUT2D eigenvalue weighted by Crippen LogP contribution is -2.48. The number of hydrogen-bond donors (Lipinski definition) is 1. The van der Waals surface area contributed by atoms with Gasteiger partial charge in [-0.25, -0.2) is 0 Å². The van der Waals surface area contributed by atoms with Gasteiger partial charge >= 0.3 is 0 Å². The molecule has 1 atom stereocenters. The molecule has 0 spiro atoms. The average Bonchev–Trinajstić information content (AvgIpc) is 2.67. The molecule has 1 fully saturated rings. The van der Waals surface area contributed by atoms with E-state index in [1.54, 1.807) is 13.3 Å². The molecule has 24 heavy (non-hydrogen) atoms. The van der Waals surface area contributed by atoms with Gasteiger partial charge in [0.2, 0.25) is 5.91 Å². The second kappa shape index (κ2) is 7.93. The third-order valence-corrected chi connectivity index (χ3v) is 4.39. The Bertz CT molecular complexity index is 675. The number of nitrogens with zero attached hydrogens (tertiary/aromatic N) is 2. The fourth-order valence-electron chi connectivity index (χ4n) is 3.10. The van der Waals surface area contributed by atoms with Gasteiger partial charge in [-0.05, 0) is 35.7 Å². The van der Waals surface area contributed by atoms with Crippen LogP contribution in [0.4, 0.5) is 0 Å². The molecule has 1 aromatic heterocycles. The second-order valence-corrected chi connectivity index (χ2v) is 5.94. The van der Waals surface area contributed by atoms with Crippen molar-refractivity contribution in [1.29, 1.82) is 0 Å². The summed E-state index contributed by atoms with van der Waals surface area (Å²) in [6, 6.07) is 11.9. The Kier molecular flexibility index (Phi) is 5.43. The molecule has 1 amide bonds. The normalized spacial score (nSPS) is 17.5. The van der Waals surface area contributed by atoms with Crippen LogP contribution < -0.4 is 10.1 Å². The standard InChI is InChI=1S/C19H23N3O2/c1-24-17-6-2-4-15(12-17)7-8-19(23)22-11-10-21-14-18(22)16-5-3-9-20-13-16/h2-6,9,12-13,18,21H,7-8,10-11,14H2,1H3. The summed E-state index contributed by atoms with van der Waals surface area (Å²) in [5.74, 6) is 1.02. The Morgan fingerprint density at radius 3 is 3.08 bits per heavy atom. The van der Waals surface area contributed by atoms with E-state index in [2.05, 4.69) is 10.3 Å². The number of rotatable bonds is 5. The fraction of sp³-hybridized carbons (Fsp3) is 0.368. The molecule has 1 unspecified atom stereocenters. The summed E-state index contributed by atoms with van der Waals surface area (Å²) in [7, 11) is 1.66. The van der Waals surface area contributed by atoms with Gasteiger partial charge in [-0.2, -0.15) is 0 Å². The molecule has 0 bridgehead atoms. The van der Waals surface area contributed by atoms with Gasteiger partial charge in [0, 0.05) is 38.4 Å². The van der Waals surface area contributed by atoms with E-state index in [9.17, 15) is 4.79 Å². The molecule has 0 radical (unpaired) electrons. The highest BCUT2D eigenvalue weighted by molar-refractivity contribution is 5.77. The number of methoxy groups -OCH3 is 1. The van der Waals surface area contributed by atoms with E-state index in [1.165, 1.54) is 0 Å². The van der Waals surface area contributed by atoms with Gasteiger partial charge in [0.15, 0.2) is 0 Å². The van der Waals surface area contributed by atoms with Crippen LogP contribution in [0.15, 0.2) is 48.8 Å². The van der Waals surface area contributed by atoms with Crippen LogP contribution in [0.2, 0.25) is 0 Å². The Balaban J connectivity index is 1.66. The summed E-state index contributed by atoms with van der Waals surface area (Å²) in [6.07, 6.45) is 4.83. The molecule has 126 valence electrons. The molecule has 1 aliphatic rings. The Morgan fingerprint density at radius 2 is 2.29 bits per heavy atom. The molecule has 0 saturated carbocycles. The average molecular weight is 325 g/mol. The smallest absolute Gasteiger partial charge is 0.223 e. The number of hydrogen-bond acceptors (Lipinski definition) is 4. The molecular weight excluding hydrogens is 302 g/mol. The van der Waals surface area contributed by atoms with Gasteiger partial charge in [0.1, 0.15) is 5.75 Å². The van der Waals surface area contributed by atoms with Crippen LogP contribution in [-0.2, 0) is 11.2 Å². The Hall–Kier alpha value is -2.40.